The fraction of sp³-hybridized carbons (Fsp3) is 0.667. The maximum atomic E-state index is 3.06. The highest BCUT2D eigenvalue weighted by Gasteiger charge is 1.86. The monoisotopic (exact) mass is 132 g/mol. The van der Waals surface area contributed by atoms with Crippen molar-refractivity contribution in [2.75, 3.05) is 0 Å². The van der Waals surface area contributed by atoms with E-state index in [1.54, 1.807) is 0 Å². The van der Waals surface area contributed by atoms with Crippen LogP contribution in [0.3, 0.4) is 0 Å². The largest absolute Gasteiger partial charge is 0.269 e. The Hall–Kier alpha value is -0.293. The molecule has 0 aromatic rings. The lowest BCUT2D eigenvalue weighted by Crippen LogP contribution is -1.94. The van der Waals surface area contributed by atoms with Crippen LogP contribution in [0.25, 0.3) is 0 Å². The molecule has 2 heteroatoms. The molecule has 0 aliphatic heterocycles. The van der Waals surface area contributed by atoms with Gasteiger partial charge in [-0.2, -0.15) is 0 Å². The third-order valence-corrected chi connectivity index (χ3v) is 1.71. The molecular weight excluding hydrogens is 119 g/mol. The van der Waals surface area contributed by atoms with E-state index in [0.717, 1.165) is 0 Å². The molecule has 0 N–H and O–H groups in total. The van der Waals surface area contributed by atoms with Crippen molar-refractivity contribution < 1.29 is 4.70 Å². The Morgan fingerprint density at radius 3 is 2.00 bits per heavy atom. The molecule has 0 fully saturated rings. The van der Waals surface area contributed by atoms with Crippen molar-refractivity contribution in [3.05, 3.63) is 0 Å². The van der Waals surface area contributed by atoms with Crippen molar-refractivity contribution in [1.82, 2.24) is 0 Å². The molecule has 0 aliphatic rings. The van der Waals surface area contributed by atoms with E-state index in [2.05, 4.69) is 24.9 Å². The SMILES string of the molecule is CC#CC[SiH](C)C.F. The number of hydrogen-bond acceptors (Lipinski definition) is 0. The van der Waals surface area contributed by atoms with Gasteiger partial charge in [-0.1, -0.05) is 13.1 Å². The fourth-order valence-electron chi connectivity index (χ4n) is 0.306. The van der Waals surface area contributed by atoms with Crippen molar-refractivity contribution in [3.8, 4) is 11.8 Å². The summed E-state index contributed by atoms with van der Waals surface area (Å²) in [6.45, 7) is 6.52. The van der Waals surface area contributed by atoms with E-state index in [9.17, 15) is 0 Å². The molecule has 0 spiro atoms. The summed E-state index contributed by atoms with van der Waals surface area (Å²) < 4.78 is 0. The Morgan fingerprint density at radius 1 is 1.38 bits per heavy atom. The molecule has 0 bridgehead atoms. The van der Waals surface area contributed by atoms with Crippen LogP contribution in [0.5, 0.6) is 0 Å². The van der Waals surface area contributed by atoms with Crippen molar-refractivity contribution in [2.24, 2.45) is 0 Å². The second-order valence-electron chi connectivity index (χ2n) is 2.02. The van der Waals surface area contributed by atoms with Crippen LogP contribution in [0.2, 0.25) is 19.1 Å². The topological polar surface area (TPSA) is 0 Å². The molecule has 48 valence electrons. The number of hydrogen-bond donors (Lipinski definition) is 0. The minimum Gasteiger partial charge on any atom is -0.269 e. The standard InChI is InChI=1S/C6H12Si.FH/c1-4-5-6-7(2)3;/h7H,6H2,1-3H3;1H. The summed E-state index contributed by atoms with van der Waals surface area (Å²) in [6, 6.07) is 1.18. The van der Waals surface area contributed by atoms with Gasteiger partial charge in [-0.3, -0.25) is 4.70 Å². The van der Waals surface area contributed by atoms with Crippen LogP contribution >= 0.6 is 0 Å². The van der Waals surface area contributed by atoms with Gasteiger partial charge in [0.05, 0.1) is 0 Å². The average Bonchev–Trinajstić information content (AvgIpc) is 1.61. The van der Waals surface area contributed by atoms with Gasteiger partial charge in [-0.15, -0.1) is 11.8 Å². The predicted octanol–water partition coefficient (Wildman–Crippen LogP) is 1.65. The van der Waals surface area contributed by atoms with Gasteiger partial charge in [0.1, 0.15) is 0 Å². The minimum atomic E-state index is -0.362. The third kappa shape index (κ3) is 9.20. The summed E-state index contributed by atoms with van der Waals surface area (Å²) in [7, 11) is -0.362. The highest BCUT2D eigenvalue weighted by atomic mass is 28.3. The molecule has 0 saturated heterocycles. The van der Waals surface area contributed by atoms with Gasteiger partial charge in [0.2, 0.25) is 0 Å². The first-order valence-corrected chi connectivity index (χ1v) is 5.79. The lowest BCUT2D eigenvalue weighted by atomic mass is 10.7. The van der Waals surface area contributed by atoms with Crippen LogP contribution in [0.4, 0.5) is 4.70 Å². The second-order valence-corrected chi connectivity index (χ2v) is 5.22. The maximum absolute atomic E-state index is 3.06. The van der Waals surface area contributed by atoms with Gasteiger partial charge in [-0.25, -0.2) is 0 Å². The summed E-state index contributed by atoms with van der Waals surface area (Å²) in [4.78, 5) is 0. The number of halogens is 1. The molecule has 0 atom stereocenters. The molecule has 8 heavy (non-hydrogen) atoms. The van der Waals surface area contributed by atoms with E-state index in [4.69, 9.17) is 0 Å². The Morgan fingerprint density at radius 2 is 1.88 bits per heavy atom. The molecule has 0 aromatic carbocycles. The van der Waals surface area contributed by atoms with Crippen LogP contribution in [-0.2, 0) is 0 Å². The molecule has 0 unspecified atom stereocenters. The summed E-state index contributed by atoms with van der Waals surface area (Å²) in [6.07, 6.45) is 0. The molecule has 0 aliphatic carbocycles. The van der Waals surface area contributed by atoms with E-state index >= 15 is 0 Å². The van der Waals surface area contributed by atoms with Crippen molar-refractivity contribution in [1.29, 1.82) is 0 Å². The van der Waals surface area contributed by atoms with E-state index in [-0.39, 0.29) is 13.5 Å². The van der Waals surface area contributed by atoms with Gasteiger partial charge in [0, 0.05) is 14.8 Å². The van der Waals surface area contributed by atoms with Crippen LogP contribution in [0.15, 0.2) is 0 Å². The molecule has 0 aromatic heterocycles. The highest BCUT2D eigenvalue weighted by molar-refractivity contribution is 6.56. The zero-order valence-electron chi connectivity index (χ0n) is 5.69. The molecular formula is C6H13FSi. The van der Waals surface area contributed by atoms with E-state index in [1.165, 1.54) is 6.04 Å². The Kier molecular flexibility index (Phi) is 8.92. The lowest BCUT2D eigenvalue weighted by molar-refractivity contribution is 1.11. The fourth-order valence-corrected chi connectivity index (χ4v) is 0.919. The normalized spacial score (nSPS) is 7.00. The first-order valence-electron chi connectivity index (χ1n) is 2.67. The first kappa shape index (κ1) is 10.6. The van der Waals surface area contributed by atoms with Crippen LogP contribution in [0.1, 0.15) is 6.92 Å². The molecule has 0 nitrogen and oxygen atoms in total. The molecule has 0 radical (unpaired) electrons. The van der Waals surface area contributed by atoms with Crippen molar-refractivity contribution >= 4 is 8.80 Å². The van der Waals surface area contributed by atoms with E-state index < -0.39 is 0 Å². The summed E-state index contributed by atoms with van der Waals surface area (Å²) in [5.41, 5.74) is 0. The predicted molar refractivity (Wildman–Crippen MR) is 39.6 cm³/mol. The van der Waals surface area contributed by atoms with Crippen molar-refractivity contribution in [3.63, 3.8) is 0 Å². The Bertz CT molecular complexity index is 88.4. The highest BCUT2D eigenvalue weighted by Crippen LogP contribution is 1.85. The summed E-state index contributed by atoms with van der Waals surface area (Å²) in [5, 5.41) is 0. The van der Waals surface area contributed by atoms with E-state index in [1.807, 2.05) is 6.92 Å². The first-order chi connectivity index (χ1) is 3.27. The van der Waals surface area contributed by atoms with Gasteiger partial charge < -0.3 is 0 Å². The zero-order valence-corrected chi connectivity index (χ0v) is 6.85. The van der Waals surface area contributed by atoms with Crippen LogP contribution in [0, 0.1) is 11.8 Å². The summed E-state index contributed by atoms with van der Waals surface area (Å²) >= 11 is 0. The van der Waals surface area contributed by atoms with Gasteiger partial charge in [-0.05, 0) is 6.92 Å². The van der Waals surface area contributed by atoms with Crippen molar-refractivity contribution in [2.45, 2.75) is 26.1 Å². The molecule has 0 heterocycles. The Balaban J connectivity index is 0. The molecule has 0 rings (SSSR count). The van der Waals surface area contributed by atoms with Crippen LogP contribution in [-0.4, -0.2) is 8.80 Å². The van der Waals surface area contributed by atoms with Gasteiger partial charge in [0.25, 0.3) is 0 Å². The molecule has 0 amide bonds. The quantitative estimate of drug-likeness (QED) is 0.376. The van der Waals surface area contributed by atoms with Gasteiger partial charge >= 0.3 is 0 Å². The van der Waals surface area contributed by atoms with Crippen LogP contribution < -0.4 is 0 Å². The molecule has 0 saturated carbocycles. The Labute approximate surface area is 52.3 Å². The average molecular weight is 132 g/mol. The minimum absolute atomic E-state index is 0. The number of rotatable bonds is 1. The maximum Gasteiger partial charge on any atom is 0.0443 e. The summed E-state index contributed by atoms with van der Waals surface area (Å²) in [5.74, 6) is 5.94. The smallest absolute Gasteiger partial charge is 0.0443 e. The zero-order chi connectivity index (χ0) is 5.70. The van der Waals surface area contributed by atoms with E-state index in [0.29, 0.717) is 0 Å². The third-order valence-electron chi connectivity index (χ3n) is 0.687. The lowest BCUT2D eigenvalue weighted by Gasteiger charge is -1.88. The van der Waals surface area contributed by atoms with Gasteiger partial charge in [0.15, 0.2) is 0 Å². The second kappa shape index (κ2) is 6.71.